The number of carboxylic acid groups (broad SMARTS) is 1. The van der Waals surface area contributed by atoms with E-state index in [1.54, 1.807) is 0 Å². The molecule has 5 heteroatoms. The predicted octanol–water partition coefficient (Wildman–Crippen LogP) is 3.90. The smallest absolute Gasteiger partial charge is 0.303 e. The molecule has 0 fully saturated rings. The molecule has 1 aromatic carbocycles. The fraction of sp³-hybridized carbons (Fsp3) is 0.467. The van der Waals surface area contributed by atoms with Gasteiger partial charge in [-0.25, -0.2) is 4.98 Å². The van der Waals surface area contributed by atoms with E-state index in [4.69, 9.17) is 16.7 Å². The number of aliphatic carboxylic acids is 1. The molecule has 0 aliphatic heterocycles. The van der Waals surface area contributed by atoms with E-state index in [1.165, 1.54) is 0 Å². The average molecular weight is 295 g/mol. The normalized spacial score (nSPS) is 11.1. The molecule has 0 aliphatic rings. The Labute approximate surface area is 123 Å². The molecule has 0 unspecified atom stereocenters. The van der Waals surface area contributed by atoms with Crippen molar-refractivity contribution in [2.75, 3.05) is 0 Å². The number of aromatic nitrogens is 2. The average Bonchev–Trinajstić information content (AvgIpc) is 2.74. The van der Waals surface area contributed by atoms with Crippen LogP contribution in [-0.2, 0) is 17.8 Å². The van der Waals surface area contributed by atoms with Gasteiger partial charge in [-0.2, -0.15) is 0 Å². The summed E-state index contributed by atoms with van der Waals surface area (Å²) in [6, 6.07) is 5.64. The Morgan fingerprint density at radius 3 is 2.90 bits per heavy atom. The van der Waals surface area contributed by atoms with Gasteiger partial charge < -0.3 is 9.67 Å². The Hall–Kier alpha value is -1.55. The lowest BCUT2D eigenvalue weighted by Gasteiger charge is -2.08. The lowest BCUT2D eigenvalue weighted by molar-refractivity contribution is -0.137. The van der Waals surface area contributed by atoms with E-state index in [9.17, 15) is 4.79 Å². The molecule has 2 aromatic rings. The van der Waals surface area contributed by atoms with Crippen molar-refractivity contribution in [3.05, 3.63) is 29.0 Å². The zero-order chi connectivity index (χ0) is 14.5. The molecule has 0 spiro atoms. The molecule has 1 heterocycles. The first kappa shape index (κ1) is 14.9. The van der Waals surface area contributed by atoms with Crippen LogP contribution in [0.4, 0.5) is 0 Å². The van der Waals surface area contributed by atoms with Crippen LogP contribution in [0.15, 0.2) is 18.2 Å². The minimum absolute atomic E-state index is 0.102. The molecule has 0 atom stereocenters. The number of carboxylic acids is 1. The van der Waals surface area contributed by atoms with E-state index in [0.717, 1.165) is 42.7 Å². The molecular formula is C15H19ClN2O2. The number of hydrogen-bond acceptors (Lipinski definition) is 2. The van der Waals surface area contributed by atoms with Crippen molar-refractivity contribution in [1.29, 1.82) is 0 Å². The summed E-state index contributed by atoms with van der Waals surface area (Å²) in [5.41, 5.74) is 1.88. The zero-order valence-corrected chi connectivity index (χ0v) is 12.4. The Balaban J connectivity index is 2.31. The van der Waals surface area contributed by atoms with Crippen LogP contribution in [0.2, 0.25) is 5.02 Å². The van der Waals surface area contributed by atoms with Crippen LogP contribution in [0.25, 0.3) is 11.0 Å². The van der Waals surface area contributed by atoms with E-state index >= 15 is 0 Å². The van der Waals surface area contributed by atoms with E-state index in [0.29, 0.717) is 11.4 Å². The van der Waals surface area contributed by atoms with Gasteiger partial charge in [-0.05, 0) is 24.6 Å². The van der Waals surface area contributed by atoms with Crippen molar-refractivity contribution in [1.82, 2.24) is 9.55 Å². The summed E-state index contributed by atoms with van der Waals surface area (Å²) >= 11 is 5.99. The van der Waals surface area contributed by atoms with Gasteiger partial charge in [0.05, 0.1) is 17.5 Å². The summed E-state index contributed by atoms with van der Waals surface area (Å²) in [5, 5.41) is 9.49. The maximum Gasteiger partial charge on any atom is 0.303 e. The molecule has 0 saturated carbocycles. The monoisotopic (exact) mass is 294 g/mol. The highest BCUT2D eigenvalue weighted by atomic mass is 35.5. The predicted molar refractivity (Wildman–Crippen MR) is 80.2 cm³/mol. The van der Waals surface area contributed by atoms with E-state index in [-0.39, 0.29) is 6.42 Å². The second kappa shape index (κ2) is 6.75. The number of carbonyl (C=O) groups is 1. The number of aryl methyl sites for hydroxylation is 2. The van der Waals surface area contributed by atoms with Gasteiger partial charge in [0.2, 0.25) is 0 Å². The summed E-state index contributed by atoms with van der Waals surface area (Å²) in [6.07, 6.45) is 3.94. The Kier molecular flexibility index (Phi) is 5.01. The molecule has 2 rings (SSSR count). The van der Waals surface area contributed by atoms with Gasteiger partial charge in [-0.3, -0.25) is 4.79 Å². The maximum atomic E-state index is 10.8. The molecule has 0 bridgehead atoms. The molecule has 1 aromatic heterocycles. The Morgan fingerprint density at radius 1 is 1.40 bits per heavy atom. The zero-order valence-electron chi connectivity index (χ0n) is 11.6. The minimum Gasteiger partial charge on any atom is -0.481 e. The SMILES string of the molecule is CCCCCn1c(CCC(=O)O)nc2cc(Cl)ccc21. The van der Waals surface area contributed by atoms with Crippen LogP contribution in [0.3, 0.4) is 0 Å². The fourth-order valence-corrected chi connectivity index (χ4v) is 2.50. The number of rotatable bonds is 7. The number of imidazole rings is 1. The summed E-state index contributed by atoms with van der Waals surface area (Å²) in [7, 11) is 0. The highest BCUT2D eigenvalue weighted by Crippen LogP contribution is 2.22. The summed E-state index contributed by atoms with van der Waals surface area (Å²) in [5.74, 6) is 0.0379. The lowest BCUT2D eigenvalue weighted by atomic mass is 10.2. The van der Waals surface area contributed by atoms with Crippen molar-refractivity contribution in [3.8, 4) is 0 Å². The number of hydrogen-bond donors (Lipinski definition) is 1. The fourth-order valence-electron chi connectivity index (χ4n) is 2.33. The van der Waals surface area contributed by atoms with Crippen LogP contribution in [0, 0.1) is 0 Å². The van der Waals surface area contributed by atoms with Crippen molar-refractivity contribution >= 4 is 28.6 Å². The van der Waals surface area contributed by atoms with Gasteiger partial charge in [-0.1, -0.05) is 31.4 Å². The first-order chi connectivity index (χ1) is 9.61. The van der Waals surface area contributed by atoms with Gasteiger partial charge in [0.15, 0.2) is 0 Å². The molecule has 4 nitrogen and oxygen atoms in total. The molecule has 108 valence electrons. The summed E-state index contributed by atoms with van der Waals surface area (Å²) < 4.78 is 2.13. The maximum absolute atomic E-state index is 10.8. The van der Waals surface area contributed by atoms with Gasteiger partial charge in [0.25, 0.3) is 0 Å². The molecule has 0 aliphatic carbocycles. The van der Waals surface area contributed by atoms with Gasteiger partial charge in [-0.15, -0.1) is 0 Å². The van der Waals surface area contributed by atoms with Crippen molar-refractivity contribution in [2.45, 2.75) is 45.6 Å². The van der Waals surface area contributed by atoms with Gasteiger partial charge >= 0.3 is 5.97 Å². The Bertz CT molecular complexity index is 607. The highest BCUT2D eigenvalue weighted by Gasteiger charge is 2.12. The quantitative estimate of drug-likeness (QED) is 0.788. The summed E-state index contributed by atoms with van der Waals surface area (Å²) in [6.45, 7) is 3.04. The largest absolute Gasteiger partial charge is 0.481 e. The lowest BCUT2D eigenvalue weighted by Crippen LogP contribution is -2.07. The molecule has 1 N–H and O–H groups in total. The van der Waals surface area contributed by atoms with Crippen molar-refractivity contribution in [2.24, 2.45) is 0 Å². The topological polar surface area (TPSA) is 55.1 Å². The number of unbranched alkanes of at least 4 members (excludes halogenated alkanes) is 2. The van der Waals surface area contributed by atoms with E-state index < -0.39 is 5.97 Å². The second-order valence-corrected chi connectivity index (χ2v) is 5.35. The minimum atomic E-state index is -0.796. The third kappa shape index (κ3) is 3.51. The standard InChI is InChI=1S/C15H19ClN2O2/c1-2-3-4-9-18-13-6-5-11(16)10-12(13)17-14(18)7-8-15(19)20/h5-6,10H,2-4,7-9H2,1H3,(H,19,20). The summed E-state index contributed by atoms with van der Waals surface area (Å²) in [4.78, 5) is 15.3. The van der Waals surface area contributed by atoms with Crippen LogP contribution >= 0.6 is 11.6 Å². The van der Waals surface area contributed by atoms with Crippen molar-refractivity contribution < 1.29 is 9.90 Å². The third-order valence-corrected chi connectivity index (χ3v) is 3.57. The van der Waals surface area contributed by atoms with E-state index in [1.807, 2.05) is 18.2 Å². The van der Waals surface area contributed by atoms with Crippen LogP contribution in [0.1, 0.15) is 38.4 Å². The first-order valence-corrected chi connectivity index (χ1v) is 7.36. The Morgan fingerprint density at radius 2 is 2.20 bits per heavy atom. The molecule has 0 amide bonds. The van der Waals surface area contributed by atoms with Crippen LogP contribution < -0.4 is 0 Å². The first-order valence-electron chi connectivity index (χ1n) is 6.98. The van der Waals surface area contributed by atoms with Crippen molar-refractivity contribution in [3.63, 3.8) is 0 Å². The number of nitrogens with zero attached hydrogens (tertiary/aromatic N) is 2. The number of benzene rings is 1. The van der Waals surface area contributed by atoms with E-state index in [2.05, 4.69) is 16.5 Å². The molecular weight excluding hydrogens is 276 g/mol. The van der Waals surface area contributed by atoms with Crippen LogP contribution in [-0.4, -0.2) is 20.6 Å². The molecule has 0 saturated heterocycles. The van der Waals surface area contributed by atoms with Gasteiger partial charge in [0, 0.05) is 18.0 Å². The highest BCUT2D eigenvalue weighted by molar-refractivity contribution is 6.31. The second-order valence-electron chi connectivity index (χ2n) is 4.91. The third-order valence-electron chi connectivity index (χ3n) is 3.34. The number of fused-ring (bicyclic) bond motifs is 1. The molecule has 20 heavy (non-hydrogen) atoms. The molecule has 0 radical (unpaired) electrons. The number of halogens is 1. The van der Waals surface area contributed by atoms with Crippen LogP contribution in [0.5, 0.6) is 0 Å². The van der Waals surface area contributed by atoms with Gasteiger partial charge in [0.1, 0.15) is 5.82 Å².